The predicted octanol–water partition coefficient (Wildman–Crippen LogP) is 2.66. The molecule has 0 bridgehead atoms. The number of rotatable bonds is 4. The summed E-state index contributed by atoms with van der Waals surface area (Å²) in [4.78, 5) is 13.9. The molecule has 0 aromatic heterocycles. The van der Waals surface area contributed by atoms with E-state index in [2.05, 4.69) is 4.99 Å². The summed E-state index contributed by atoms with van der Waals surface area (Å²) in [6.07, 6.45) is 3.29. The van der Waals surface area contributed by atoms with Gasteiger partial charge in [0, 0.05) is 0 Å². The van der Waals surface area contributed by atoms with Gasteiger partial charge in [0.05, 0.1) is 23.5 Å². The molecule has 0 spiro atoms. The lowest BCUT2D eigenvalue weighted by Gasteiger charge is -2.32. The van der Waals surface area contributed by atoms with E-state index in [0.29, 0.717) is 11.2 Å². The molecule has 6 heteroatoms. The second kappa shape index (κ2) is 6.19. The average Bonchev–Trinajstić information content (AvgIpc) is 2.65. The molecular weight excluding hydrogens is 281 g/mol. The van der Waals surface area contributed by atoms with Crippen LogP contribution in [0.25, 0.3) is 6.08 Å². The fourth-order valence-corrected chi connectivity index (χ4v) is 2.13. The Morgan fingerprint density at radius 2 is 1.95 bits per heavy atom. The Bertz CT molecular complexity index is 617. The standard InChI is InChI=1S/C16H20BNO4/c1-15(2)16(3,4)22-17(21-15)13(10-19)8-12-6-5-7-14(9-12)18-11-20/h5-9,19H,10H2,1-4H3. The van der Waals surface area contributed by atoms with Crippen molar-refractivity contribution in [3.63, 3.8) is 0 Å². The van der Waals surface area contributed by atoms with Crippen LogP contribution in [0, 0.1) is 0 Å². The van der Waals surface area contributed by atoms with Crippen molar-refractivity contribution in [3.8, 4) is 0 Å². The number of isocyanates is 1. The van der Waals surface area contributed by atoms with E-state index in [4.69, 9.17) is 9.31 Å². The minimum absolute atomic E-state index is 0.183. The molecule has 0 atom stereocenters. The van der Waals surface area contributed by atoms with Gasteiger partial charge in [-0.15, -0.1) is 0 Å². The van der Waals surface area contributed by atoms with Gasteiger partial charge in [0.2, 0.25) is 6.08 Å². The lowest BCUT2D eigenvalue weighted by molar-refractivity contribution is 0.00578. The lowest BCUT2D eigenvalue weighted by Crippen LogP contribution is -2.41. The molecule has 0 radical (unpaired) electrons. The molecule has 0 unspecified atom stereocenters. The minimum atomic E-state index is -0.603. The number of carbonyl (C=O) groups excluding carboxylic acids is 1. The number of benzene rings is 1. The molecule has 1 aliphatic rings. The summed E-state index contributed by atoms with van der Waals surface area (Å²) in [5.74, 6) is 0. The zero-order chi connectivity index (χ0) is 16.4. The Kier molecular flexibility index (Phi) is 4.68. The van der Waals surface area contributed by atoms with Crippen molar-refractivity contribution in [2.75, 3.05) is 6.61 Å². The Labute approximate surface area is 130 Å². The molecule has 5 nitrogen and oxygen atoms in total. The van der Waals surface area contributed by atoms with Crippen LogP contribution in [-0.2, 0) is 14.1 Å². The summed E-state index contributed by atoms with van der Waals surface area (Å²) < 4.78 is 11.9. The summed E-state index contributed by atoms with van der Waals surface area (Å²) >= 11 is 0. The number of aliphatic hydroxyl groups is 1. The van der Waals surface area contributed by atoms with E-state index in [9.17, 15) is 9.90 Å². The molecule has 116 valence electrons. The first-order valence-corrected chi connectivity index (χ1v) is 7.14. The van der Waals surface area contributed by atoms with Gasteiger partial charge in [0.1, 0.15) is 0 Å². The Morgan fingerprint density at radius 1 is 1.32 bits per heavy atom. The van der Waals surface area contributed by atoms with Crippen LogP contribution in [0.5, 0.6) is 0 Å². The molecule has 1 N–H and O–H groups in total. The van der Waals surface area contributed by atoms with Gasteiger partial charge in [-0.2, -0.15) is 4.99 Å². The normalized spacial score (nSPS) is 19.9. The van der Waals surface area contributed by atoms with Crippen molar-refractivity contribution in [2.45, 2.75) is 38.9 Å². The predicted molar refractivity (Wildman–Crippen MR) is 85.4 cm³/mol. The van der Waals surface area contributed by atoms with Crippen LogP contribution in [0.15, 0.2) is 34.7 Å². The Balaban J connectivity index is 2.29. The molecular formula is C16H20BNO4. The van der Waals surface area contributed by atoms with Gasteiger partial charge < -0.3 is 14.4 Å². The van der Waals surface area contributed by atoms with E-state index in [0.717, 1.165) is 5.56 Å². The monoisotopic (exact) mass is 301 g/mol. The second-order valence-corrected chi connectivity index (χ2v) is 6.26. The van der Waals surface area contributed by atoms with Gasteiger partial charge in [-0.05, 0) is 50.9 Å². The first-order valence-electron chi connectivity index (χ1n) is 7.14. The quantitative estimate of drug-likeness (QED) is 0.527. The molecule has 0 amide bonds. The summed E-state index contributed by atoms with van der Waals surface area (Å²) in [7, 11) is -0.603. The van der Waals surface area contributed by atoms with Crippen molar-refractivity contribution >= 4 is 25.0 Å². The molecule has 0 aliphatic carbocycles. The summed E-state index contributed by atoms with van der Waals surface area (Å²) in [6, 6.07) is 7.06. The molecule has 1 saturated heterocycles. The molecule has 22 heavy (non-hydrogen) atoms. The molecule has 1 aromatic carbocycles. The number of hydrogen-bond donors (Lipinski definition) is 1. The van der Waals surface area contributed by atoms with Crippen LogP contribution in [0.3, 0.4) is 0 Å². The van der Waals surface area contributed by atoms with Crippen LogP contribution in [-0.4, -0.2) is 36.1 Å². The number of hydrogen-bond acceptors (Lipinski definition) is 5. The molecule has 1 aromatic rings. The van der Waals surface area contributed by atoms with E-state index in [1.165, 1.54) is 6.08 Å². The maximum absolute atomic E-state index is 10.3. The summed E-state index contributed by atoms with van der Waals surface area (Å²) in [6.45, 7) is 7.66. The van der Waals surface area contributed by atoms with Crippen molar-refractivity contribution in [1.29, 1.82) is 0 Å². The van der Waals surface area contributed by atoms with E-state index < -0.39 is 18.3 Å². The molecule has 2 rings (SSSR count). The highest BCUT2D eigenvalue weighted by Gasteiger charge is 2.52. The topological polar surface area (TPSA) is 68.1 Å². The van der Waals surface area contributed by atoms with Gasteiger partial charge in [-0.25, -0.2) is 4.79 Å². The first kappa shape index (κ1) is 16.7. The van der Waals surface area contributed by atoms with Crippen molar-refractivity contribution in [3.05, 3.63) is 35.3 Å². The van der Waals surface area contributed by atoms with Crippen LogP contribution < -0.4 is 0 Å². The van der Waals surface area contributed by atoms with E-state index in [1.807, 2.05) is 33.8 Å². The second-order valence-electron chi connectivity index (χ2n) is 6.26. The smallest absolute Gasteiger partial charge is 0.400 e. The molecule has 1 aliphatic heterocycles. The maximum Gasteiger partial charge on any atom is 0.492 e. The number of aliphatic hydroxyl groups excluding tert-OH is 1. The van der Waals surface area contributed by atoms with Crippen molar-refractivity contribution in [2.24, 2.45) is 4.99 Å². The zero-order valence-electron chi connectivity index (χ0n) is 13.3. The largest absolute Gasteiger partial charge is 0.492 e. The SMILES string of the molecule is CC1(C)OB(C(=Cc2cccc(N=C=O)c2)CO)OC1(C)C. The van der Waals surface area contributed by atoms with Gasteiger partial charge in [0.15, 0.2) is 0 Å². The highest BCUT2D eigenvalue weighted by atomic mass is 16.7. The van der Waals surface area contributed by atoms with Gasteiger partial charge in [-0.3, -0.25) is 0 Å². The van der Waals surface area contributed by atoms with Crippen molar-refractivity contribution in [1.82, 2.24) is 0 Å². The lowest BCUT2D eigenvalue weighted by atomic mass is 9.77. The van der Waals surface area contributed by atoms with Gasteiger partial charge in [0.25, 0.3) is 0 Å². The van der Waals surface area contributed by atoms with Crippen LogP contribution in [0.4, 0.5) is 5.69 Å². The number of nitrogens with zero attached hydrogens (tertiary/aromatic N) is 1. The first-order chi connectivity index (χ1) is 10.3. The average molecular weight is 301 g/mol. The Hall–Kier alpha value is -1.72. The highest BCUT2D eigenvalue weighted by molar-refractivity contribution is 6.55. The van der Waals surface area contributed by atoms with Crippen LogP contribution in [0.1, 0.15) is 33.3 Å². The van der Waals surface area contributed by atoms with Gasteiger partial charge in [-0.1, -0.05) is 18.2 Å². The van der Waals surface area contributed by atoms with Gasteiger partial charge >= 0.3 is 7.12 Å². The highest BCUT2D eigenvalue weighted by Crippen LogP contribution is 2.38. The van der Waals surface area contributed by atoms with Crippen LogP contribution in [0.2, 0.25) is 0 Å². The summed E-state index contributed by atoms with van der Waals surface area (Å²) in [5, 5.41) is 9.65. The fraction of sp³-hybridized carbons (Fsp3) is 0.438. The third-order valence-corrected chi connectivity index (χ3v) is 4.14. The molecule has 1 heterocycles. The fourth-order valence-electron chi connectivity index (χ4n) is 2.13. The minimum Gasteiger partial charge on any atom is -0.400 e. The van der Waals surface area contributed by atoms with E-state index >= 15 is 0 Å². The van der Waals surface area contributed by atoms with Crippen molar-refractivity contribution < 1.29 is 19.2 Å². The third-order valence-electron chi connectivity index (χ3n) is 4.14. The van der Waals surface area contributed by atoms with E-state index in [-0.39, 0.29) is 6.61 Å². The maximum atomic E-state index is 10.3. The number of aliphatic imine (C=N–C) groups is 1. The van der Waals surface area contributed by atoms with Crippen LogP contribution >= 0.6 is 0 Å². The zero-order valence-corrected chi connectivity index (χ0v) is 13.3. The third kappa shape index (κ3) is 3.37. The summed E-state index contributed by atoms with van der Waals surface area (Å²) in [5.41, 5.74) is 1.00. The Morgan fingerprint density at radius 3 is 2.50 bits per heavy atom. The van der Waals surface area contributed by atoms with E-state index in [1.54, 1.807) is 24.3 Å². The molecule has 0 saturated carbocycles. The molecule has 1 fully saturated rings.